The van der Waals surface area contributed by atoms with Gasteiger partial charge >= 0.3 is 33.4 Å². The molecule has 0 radical (unpaired) electrons. The van der Waals surface area contributed by atoms with Gasteiger partial charge in [0.2, 0.25) is 0 Å². The molecule has 184 valence electrons. The van der Waals surface area contributed by atoms with Crippen molar-refractivity contribution in [3.05, 3.63) is 39.9 Å². The fraction of sp³-hybridized carbons (Fsp3) is 0.500. The van der Waals surface area contributed by atoms with E-state index in [1.807, 2.05) is 0 Å². The largest absolute Gasteiger partial charge is 0.460 e. The summed E-state index contributed by atoms with van der Waals surface area (Å²) in [6, 6.07) is 3.68. The third kappa shape index (κ3) is 5.11. The Hall–Kier alpha value is -2.08. The van der Waals surface area contributed by atoms with E-state index < -0.39 is 71.4 Å². The van der Waals surface area contributed by atoms with Crippen LogP contribution in [0.4, 0.5) is 45.2 Å². The summed E-state index contributed by atoms with van der Waals surface area (Å²) >= 11 is 0. The number of alkyl halides is 9. The van der Waals surface area contributed by atoms with E-state index >= 15 is 0 Å². The molecule has 0 aromatic heterocycles. The first kappa shape index (κ1) is 28.0. The molecule has 0 aliphatic carbocycles. The first-order valence-corrected chi connectivity index (χ1v) is 11.6. The SMILES string of the molecule is CS(C)(CC(=O)c1cccc([N+](=O)[O-])c1)OS(=O)(=O)C(F)(F)C(F)(F)C(F)(F)C(F)(F)F. The standard InChI is InChI=1S/C14H12F9NO6S2/c1-31(2,7-10(25)8-4-3-5-9(6-8)24(26)27)30-32(28,29)14(22,23)12(17,18)11(15,16)13(19,20)21/h3-6H,7H2,1-2H3. The first-order valence-electron chi connectivity index (χ1n) is 7.64. The molecule has 0 atom stereocenters. The Balaban J connectivity index is 3.24. The lowest BCUT2D eigenvalue weighted by atomic mass is 10.1. The van der Waals surface area contributed by atoms with Gasteiger partial charge in [0.1, 0.15) is 0 Å². The van der Waals surface area contributed by atoms with Crippen molar-refractivity contribution in [3.8, 4) is 0 Å². The topological polar surface area (TPSA) is 104 Å². The number of nitro groups is 1. The quantitative estimate of drug-likeness (QED) is 0.203. The number of ketones is 1. The molecule has 32 heavy (non-hydrogen) atoms. The van der Waals surface area contributed by atoms with E-state index in [2.05, 4.69) is 3.63 Å². The van der Waals surface area contributed by atoms with Crippen LogP contribution in [0.15, 0.2) is 24.3 Å². The van der Waals surface area contributed by atoms with Crippen molar-refractivity contribution in [2.24, 2.45) is 0 Å². The predicted molar refractivity (Wildman–Crippen MR) is 92.6 cm³/mol. The second-order valence-electron chi connectivity index (χ2n) is 6.50. The molecule has 0 unspecified atom stereocenters. The van der Waals surface area contributed by atoms with E-state index in [0.29, 0.717) is 18.6 Å². The number of halogens is 9. The number of hydrogen-bond acceptors (Lipinski definition) is 6. The highest BCUT2D eigenvalue weighted by atomic mass is 32.3. The van der Waals surface area contributed by atoms with Crippen molar-refractivity contribution in [2.45, 2.75) is 23.3 Å². The van der Waals surface area contributed by atoms with Crippen molar-refractivity contribution >= 4 is 31.9 Å². The Morgan fingerprint density at radius 2 is 1.50 bits per heavy atom. The molecule has 18 heteroatoms. The van der Waals surface area contributed by atoms with Gasteiger partial charge < -0.3 is 0 Å². The molecule has 0 heterocycles. The van der Waals surface area contributed by atoms with Gasteiger partial charge in [-0.2, -0.15) is 47.9 Å². The summed E-state index contributed by atoms with van der Waals surface area (Å²) in [6.07, 6.45) is -5.97. The van der Waals surface area contributed by atoms with Gasteiger partial charge in [-0.15, -0.1) is 10.3 Å². The van der Waals surface area contributed by atoms with Gasteiger partial charge in [0, 0.05) is 17.7 Å². The highest BCUT2D eigenvalue weighted by molar-refractivity contribution is 8.32. The van der Waals surface area contributed by atoms with E-state index in [9.17, 15) is 62.8 Å². The van der Waals surface area contributed by atoms with Crippen LogP contribution < -0.4 is 0 Å². The summed E-state index contributed by atoms with van der Waals surface area (Å²) in [6.45, 7) is 0. The number of nitro benzene ring substituents is 1. The van der Waals surface area contributed by atoms with Crippen LogP contribution in [0.3, 0.4) is 0 Å². The summed E-state index contributed by atoms with van der Waals surface area (Å²) in [4.78, 5) is 22.0. The third-order valence-corrected chi connectivity index (χ3v) is 7.59. The molecule has 0 aliphatic heterocycles. The summed E-state index contributed by atoms with van der Waals surface area (Å²) in [5.74, 6) is -17.2. The zero-order chi connectivity index (χ0) is 25.6. The lowest BCUT2D eigenvalue weighted by Crippen LogP contribution is -2.63. The van der Waals surface area contributed by atoms with Gasteiger partial charge in [-0.3, -0.25) is 14.9 Å². The zero-order valence-electron chi connectivity index (χ0n) is 15.6. The van der Waals surface area contributed by atoms with Crippen molar-refractivity contribution in [2.75, 3.05) is 18.3 Å². The maximum Gasteiger partial charge on any atom is 0.460 e. The molecule has 0 saturated carbocycles. The summed E-state index contributed by atoms with van der Waals surface area (Å²) in [7, 11) is -10.8. The van der Waals surface area contributed by atoms with Crippen LogP contribution in [0.1, 0.15) is 10.4 Å². The molecular weight excluding hydrogens is 513 g/mol. The number of Topliss-reactive ketones (excluding diaryl/α,β-unsaturated/α-hetero) is 1. The minimum absolute atomic E-state index is 0.443. The van der Waals surface area contributed by atoms with Gasteiger partial charge in [-0.05, 0) is 12.5 Å². The number of hydrogen-bond donors (Lipinski definition) is 0. The Labute approximate surface area is 175 Å². The molecule has 0 amide bonds. The average molecular weight is 525 g/mol. The second kappa shape index (κ2) is 8.36. The molecule has 0 aliphatic rings. The maximum atomic E-state index is 13.7. The van der Waals surface area contributed by atoms with Crippen molar-refractivity contribution in [1.29, 1.82) is 0 Å². The maximum absolute atomic E-state index is 13.7. The fourth-order valence-corrected chi connectivity index (χ4v) is 5.73. The molecule has 0 bridgehead atoms. The van der Waals surface area contributed by atoms with Gasteiger partial charge in [-0.1, -0.05) is 12.1 Å². The lowest BCUT2D eigenvalue weighted by molar-refractivity contribution is -0.384. The van der Waals surface area contributed by atoms with Gasteiger partial charge in [0.05, 0.1) is 10.7 Å². The average Bonchev–Trinajstić information content (AvgIpc) is 2.58. The summed E-state index contributed by atoms with van der Waals surface area (Å²) < 4.78 is 144. The van der Waals surface area contributed by atoms with Gasteiger partial charge in [0.25, 0.3) is 5.69 Å². The van der Waals surface area contributed by atoms with Crippen molar-refractivity contribution in [1.82, 2.24) is 0 Å². The van der Waals surface area contributed by atoms with Crippen LogP contribution in [0.2, 0.25) is 0 Å². The van der Waals surface area contributed by atoms with Crippen LogP contribution in [0.25, 0.3) is 0 Å². The minimum atomic E-state index is -7.48. The number of benzene rings is 1. The smallest absolute Gasteiger partial charge is 0.293 e. The van der Waals surface area contributed by atoms with Crippen LogP contribution in [0.5, 0.6) is 0 Å². The summed E-state index contributed by atoms with van der Waals surface area (Å²) in [5, 5.41) is 3.65. The van der Waals surface area contributed by atoms with E-state index in [1.165, 1.54) is 0 Å². The van der Waals surface area contributed by atoms with Crippen LogP contribution in [-0.4, -0.2) is 60.7 Å². The molecule has 1 aromatic rings. The second-order valence-corrected chi connectivity index (χ2v) is 11.6. The number of nitrogens with zero attached hydrogens (tertiary/aromatic N) is 1. The van der Waals surface area contributed by atoms with E-state index in [-0.39, 0.29) is 0 Å². The third-order valence-electron chi connectivity index (χ3n) is 3.56. The number of carbonyl (C=O) groups is 1. The molecule has 0 spiro atoms. The Kier molecular flexibility index (Phi) is 7.31. The Morgan fingerprint density at radius 1 is 1.00 bits per heavy atom. The first-order chi connectivity index (χ1) is 14.0. The van der Waals surface area contributed by atoms with E-state index in [0.717, 1.165) is 18.2 Å². The number of rotatable bonds is 9. The molecule has 0 fully saturated rings. The molecule has 1 rings (SSSR count). The summed E-state index contributed by atoms with van der Waals surface area (Å²) in [5.41, 5.74) is -1.04. The minimum Gasteiger partial charge on any atom is -0.293 e. The monoisotopic (exact) mass is 525 g/mol. The predicted octanol–water partition coefficient (Wildman–Crippen LogP) is 4.53. The van der Waals surface area contributed by atoms with Crippen molar-refractivity contribution in [3.63, 3.8) is 0 Å². The Bertz CT molecular complexity index is 1010. The van der Waals surface area contributed by atoms with E-state index in [4.69, 9.17) is 0 Å². The number of non-ortho nitro benzene ring substituents is 1. The van der Waals surface area contributed by atoms with Crippen LogP contribution in [-0.2, 0) is 13.7 Å². The molecular formula is C14H12F9NO6S2. The normalized spacial score (nSPS) is 14.8. The van der Waals surface area contributed by atoms with Crippen LogP contribution in [0, 0.1) is 10.1 Å². The number of carbonyl (C=O) groups excluding carboxylic acids is 1. The zero-order valence-corrected chi connectivity index (χ0v) is 17.3. The molecule has 7 nitrogen and oxygen atoms in total. The van der Waals surface area contributed by atoms with E-state index in [1.54, 1.807) is 0 Å². The van der Waals surface area contributed by atoms with Gasteiger partial charge in [-0.25, -0.2) is 3.63 Å². The molecule has 1 aromatic carbocycles. The van der Waals surface area contributed by atoms with Crippen LogP contribution >= 0.6 is 10.3 Å². The fourth-order valence-electron chi connectivity index (χ4n) is 2.02. The highest BCUT2D eigenvalue weighted by Crippen LogP contribution is 2.57. The lowest BCUT2D eigenvalue weighted by Gasteiger charge is -2.35. The van der Waals surface area contributed by atoms with Crippen molar-refractivity contribution < 1.29 is 61.3 Å². The molecule has 0 saturated heterocycles. The highest BCUT2D eigenvalue weighted by Gasteiger charge is 2.86. The Morgan fingerprint density at radius 3 is 1.94 bits per heavy atom. The molecule has 0 N–H and O–H groups in total. The van der Waals surface area contributed by atoms with Gasteiger partial charge in [0.15, 0.2) is 5.78 Å².